The maximum atomic E-state index is 13.1. The van der Waals surface area contributed by atoms with Gasteiger partial charge in [0, 0.05) is 44.7 Å². The van der Waals surface area contributed by atoms with Crippen LogP contribution in [0, 0.1) is 5.92 Å². The Hall–Kier alpha value is -2.60. The Balaban J connectivity index is 1.13. The maximum Gasteiger partial charge on any atom is 0.225 e. The van der Waals surface area contributed by atoms with Crippen molar-refractivity contribution >= 4 is 29.0 Å². The number of carbonyl (C=O) groups is 1. The predicted molar refractivity (Wildman–Crippen MR) is 121 cm³/mol. The van der Waals surface area contributed by atoms with Gasteiger partial charge < -0.3 is 14.6 Å². The zero-order valence-corrected chi connectivity index (χ0v) is 18.3. The number of anilines is 1. The Morgan fingerprint density at radius 2 is 1.77 bits per heavy atom. The smallest absolute Gasteiger partial charge is 0.225 e. The summed E-state index contributed by atoms with van der Waals surface area (Å²) in [5.41, 5.74) is 1.93. The highest BCUT2D eigenvalue weighted by atomic mass is 35.5. The first-order valence-electron chi connectivity index (χ1n) is 11.1. The zero-order valence-electron chi connectivity index (χ0n) is 17.5. The van der Waals surface area contributed by atoms with Gasteiger partial charge in [-0.25, -0.2) is 4.98 Å². The van der Waals surface area contributed by atoms with Crippen LogP contribution in [0.25, 0.3) is 0 Å². The van der Waals surface area contributed by atoms with Crippen molar-refractivity contribution in [3.05, 3.63) is 59.2 Å². The summed E-state index contributed by atoms with van der Waals surface area (Å²) >= 11 is 6.28. The second-order valence-electron chi connectivity index (χ2n) is 8.75. The number of hydrogen-bond acceptors (Lipinski definition) is 5. The summed E-state index contributed by atoms with van der Waals surface area (Å²) in [6, 6.07) is 13.9. The molecule has 1 aromatic heterocycles. The highest BCUT2D eigenvalue weighted by Gasteiger charge is 2.44. The lowest BCUT2D eigenvalue weighted by Gasteiger charge is -2.40. The molecule has 2 fully saturated rings. The normalized spacial score (nSPS) is 26.0. The van der Waals surface area contributed by atoms with Crippen LogP contribution in [0.4, 0.5) is 5.82 Å². The average molecular weight is 439 g/mol. The Bertz CT molecular complexity index is 965. The molecule has 7 heteroatoms. The molecule has 1 aliphatic carbocycles. The van der Waals surface area contributed by atoms with E-state index in [9.17, 15) is 4.79 Å². The van der Waals surface area contributed by atoms with E-state index in [0.29, 0.717) is 18.1 Å². The lowest BCUT2D eigenvalue weighted by molar-refractivity contribution is -0.139. The second-order valence-corrected chi connectivity index (χ2v) is 9.16. The van der Waals surface area contributed by atoms with E-state index in [0.717, 1.165) is 62.3 Å². The molecule has 1 saturated heterocycles. The van der Waals surface area contributed by atoms with Crippen LogP contribution in [-0.4, -0.2) is 53.3 Å². The molecular formula is C24H27ClN4O2. The lowest BCUT2D eigenvalue weighted by atomic mass is 9.75. The minimum atomic E-state index is -0.226. The third-order valence-electron chi connectivity index (χ3n) is 6.82. The van der Waals surface area contributed by atoms with Crippen LogP contribution in [0.5, 0.6) is 0 Å². The molecule has 31 heavy (non-hydrogen) atoms. The molecule has 1 amide bonds. The van der Waals surface area contributed by atoms with Crippen LogP contribution in [0.2, 0.25) is 5.02 Å². The van der Waals surface area contributed by atoms with Crippen LogP contribution in [0.3, 0.4) is 0 Å². The summed E-state index contributed by atoms with van der Waals surface area (Å²) in [7, 11) is 0. The molecule has 0 unspecified atom stereocenters. The van der Waals surface area contributed by atoms with Crippen LogP contribution < -0.4 is 4.90 Å². The number of nitrogens with zero attached hydrogens (tertiary/aromatic N) is 4. The van der Waals surface area contributed by atoms with Crippen LogP contribution in [-0.2, 0) is 9.63 Å². The van der Waals surface area contributed by atoms with Crippen molar-refractivity contribution in [2.24, 2.45) is 11.1 Å². The Morgan fingerprint density at radius 3 is 2.48 bits per heavy atom. The van der Waals surface area contributed by atoms with E-state index in [2.05, 4.69) is 27.2 Å². The summed E-state index contributed by atoms with van der Waals surface area (Å²) in [4.78, 5) is 27.7. The number of aromatic nitrogens is 1. The molecule has 0 N–H and O–H groups in total. The summed E-state index contributed by atoms with van der Waals surface area (Å²) < 4.78 is 0. The Kier molecular flexibility index (Phi) is 5.57. The van der Waals surface area contributed by atoms with Gasteiger partial charge in [-0.05, 0) is 43.4 Å². The first-order chi connectivity index (χ1) is 15.1. The summed E-state index contributed by atoms with van der Waals surface area (Å²) in [6.07, 6.45) is 6.08. The highest BCUT2D eigenvalue weighted by Crippen LogP contribution is 2.42. The number of oxime groups is 1. The molecule has 0 bridgehead atoms. The molecule has 1 aromatic carbocycles. The zero-order chi connectivity index (χ0) is 21.3. The van der Waals surface area contributed by atoms with Crippen molar-refractivity contribution in [2.75, 3.05) is 31.1 Å². The third-order valence-corrected chi connectivity index (χ3v) is 7.12. The quantitative estimate of drug-likeness (QED) is 0.722. The first kappa shape index (κ1) is 20.3. The number of hydrogen-bond donors (Lipinski definition) is 0. The van der Waals surface area contributed by atoms with Gasteiger partial charge in [-0.15, -0.1) is 0 Å². The van der Waals surface area contributed by atoms with Gasteiger partial charge in [0.15, 0.2) is 0 Å². The standard InChI is InChI=1S/C24H27ClN4O2/c25-20-7-4-12-26-22(20)28-13-15-29(16-14-28)23(30)19-8-10-24(11-9-19)17-21(27-31-24)18-5-2-1-3-6-18/h1-7,12,19H,8-11,13-17H2/t19-,24-. The molecule has 162 valence electrons. The van der Waals surface area contributed by atoms with Crippen molar-refractivity contribution < 1.29 is 9.63 Å². The highest BCUT2D eigenvalue weighted by molar-refractivity contribution is 6.32. The summed E-state index contributed by atoms with van der Waals surface area (Å²) in [5, 5.41) is 5.05. The van der Waals surface area contributed by atoms with E-state index < -0.39 is 0 Å². The number of rotatable bonds is 3. The van der Waals surface area contributed by atoms with Crippen molar-refractivity contribution in [3.8, 4) is 0 Å². The Morgan fingerprint density at radius 1 is 1.03 bits per heavy atom. The average Bonchev–Trinajstić information content (AvgIpc) is 3.24. The molecule has 3 heterocycles. The van der Waals surface area contributed by atoms with Gasteiger partial charge >= 0.3 is 0 Å². The van der Waals surface area contributed by atoms with Crippen molar-refractivity contribution in [1.82, 2.24) is 9.88 Å². The van der Waals surface area contributed by atoms with E-state index in [1.54, 1.807) is 6.20 Å². The monoisotopic (exact) mass is 438 g/mol. The van der Waals surface area contributed by atoms with Crippen molar-refractivity contribution in [1.29, 1.82) is 0 Å². The number of benzene rings is 1. The van der Waals surface area contributed by atoms with Gasteiger partial charge in [-0.1, -0.05) is 47.1 Å². The predicted octanol–water partition coefficient (Wildman–Crippen LogP) is 4.14. The first-order valence-corrected chi connectivity index (χ1v) is 11.5. The number of halogens is 1. The fourth-order valence-corrected chi connectivity index (χ4v) is 5.21. The van der Waals surface area contributed by atoms with Gasteiger partial charge in [0.05, 0.1) is 10.7 Å². The van der Waals surface area contributed by atoms with E-state index >= 15 is 0 Å². The SMILES string of the molecule is O=C([C@H]1CC[C@]2(CC1)CC(c1ccccc1)=NO2)N1CCN(c2ncccc2Cl)CC1. The molecule has 0 radical (unpaired) electrons. The maximum absolute atomic E-state index is 13.1. The fourth-order valence-electron chi connectivity index (χ4n) is 4.97. The number of pyridine rings is 1. The molecule has 5 rings (SSSR count). The summed E-state index contributed by atoms with van der Waals surface area (Å²) in [6.45, 7) is 2.95. The Labute approximate surface area is 187 Å². The molecule has 2 aromatic rings. The van der Waals surface area contributed by atoms with Crippen LogP contribution in [0.1, 0.15) is 37.7 Å². The molecule has 2 aliphatic heterocycles. The number of carbonyl (C=O) groups excluding carboxylic acids is 1. The van der Waals surface area contributed by atoms with E-state index in [4.69, 9.17) is 16.4 Å². The topological polar surface area (TPSA) is 58.0 Å². The van der Waals surface area contributed by atoms with E-state index in [1.165, 1.54) is 0 Å². The molecule has 3 aliphatic rings. The van der Waals surface area contributed by atoms with Crippen LogP contribution >= 0.6 is 11.6 Å². The molecule has 6 nitrogen and oxygen atoms in total. The molecular weight excluding hydrogens is 412 g/mol. The van der Waals surface area contributed by atoms with Crippen molar-refractivity contribution in [3.63, 3.8) is 0 Å². The lowest BCUT2D eigenvalue weighted by Crippen LogP contribution is -2.51. The van der Waals surface area contributed by atoms with Gasteiger partial charge in [0.1, 0.15) is 11.4 Å². The molecule has 1 spiro atoms. The second kappa shape index (κ2) is 8.50. The molecule has 1 saturated carbocycles. The van der Waals surface area contributed by atoms with E-state index in [1.807, 2.05) is 35.2 Å². The van der Waals surface area contributed by atoms with Gasteiger partial charge in [-0.3, -0.25) is 4.79 Å². The fraction of sp³-hybridized carbons (Fsp3) is 0.458. The van der Waals surface area contributed by atoms with Gasteiger partial charge in [0.2, 0.25) is 5.91 Å². The van der Waals surface area contributed by atoms with Crippen molar-refractivity contribution in [2.45, 2.75) is 37.7 Å². The van der Waals surface area contributed by atoms with Gasteiger partial charge in [-0.2, -0.15) is 0 Å². The molecule has 0 atom stereocenters. The van der Waals surface area contributed by atoms with E-state index in [-0.39, 0.29) is 17.4 Å². The minimum absolute atomic E-state index is 0.0833. The minimum Gasteiger partial charge on any atom is -0.389 e. The van der Waals surface area contributed by atoms with Gasteiger partial charge in [0.25, 0.3) is 0 Å². The number of piperazine rings is 1. The third kappa shape index (κ3) is 4.13. The number of amides is 1. The summed E-state index contributed by atoms with van der Waals surface area (Å²) in [5.74, 6) is 1.17. The largest absolute Gasteiger partial charge is 0.389 e. The van der Waals surface area contributed by atoms with Crippen LogP contribution in [0.15, 0.2) is 53.8 Å².